The van der Waals surface area contributed by atoms with E-state index >= 15 is 0 Å². The lowest BCUT2D eigenvalue weighted by molar-refractivity contribution is 0.0939. The first-order valence-electron chi connectivity index (χ1n) is 7.01. The second-order valence-electron chi connectivity index (χ2n) is 5.65. The summed E-state index contributed by atoms with van der Waals surface area (Å²) >= 11 is 0. The van der Waals surface area contributed by atoms with E-state index in [2.05, 4.69) is 31.9 Å². The molecule has 0 atom stereocenters. The van der Waals surface area contributed by atoms with Gasteiger partial charge < -0.3 is 0 Å². The summed E-state index contributed by atoms with van der Waals surface area (Å²) in [5, 5.41) is 4.62. The summed E-state index contributed by atoms with van der Waals surface area (Å²) in [6, 6.07) is 4.10. The van der Waals surface area contributed by atoms with Crippen molar-refractivity contribution >= 4 is 11.3 Å². The molecule has 19 heavy (non-hydrogen) atoms. The SMILES string of the molecule is CCc1ccc2c(C(=O)C(C)C)c(C(C)C)nn2c1. The van der Waals surface area contributed by atoms with Gasteiger partial charge in [0.05, 0.1) is 16.8 Å². The maximum absolute atomic E-state index is 12.4. The average molecular weight is 258 g/mol. The van der Waals surface area contributed by atoms with Gasteiger partial charge in [0.2, 0.25) is 0 Å². The van der Waals surface area contributed by atoms with Crippen LogP contribution in [-0.2, 0) is 6.42 Å². The molecule has 0 aliphatic carbocycles. The fourth-order valence-corrected chi connectivity index (χ4v) is 2.26. The normalized spacial score (nSPS) is 11.7. The summed E-state index contributed by atoms with van der Waals surface area (Å²) in [6.45, 7) is 10.2. The molecule has 0 bridgehead atoms. The Morgan fingerprint density at radius 2 is 1.95 bits per heavy atom. The molecule has 102 valence electrons. The summed E-state index contributed by atoms with van der Waals surface area (Å²) in [6.07, 6.45) is 3.00. The number of aromatic nitrogens is 2. The Kier molecular flexibility index (Phi) is 3.74. The number of carbonyl (C=O) groups is 1. The first-order valence-corrected chi connectivity index (χ1v) is 7.01. The quantitative estimate of drug-likeness (QED) is 0.780. The third-order valence-electron chi connectivity index (χ3n) is 3.44. The van der Waals surface area contributed by atoms with E-state index in [0.717, 1.165) is 23.2 Å². The van der Waals surface area contributed by atoms with Gasteiger partial charge in [0.1, 0.15) is 0 Å². The number of fused-ring (bicyclic) bond motifs is 1. The molecule has 0 fully saturated rings. The van der Waals surface area contributed by atoms with Crippen molar-refractivity contribution in [1.82, 2.24) is 9.61 Å². The molecule has 2 aromatic heterocycles. The first kappa shape index (κ1) is 13.8. The molecule has 0 spiro atoms. The number of ketones is 1. The Hall–Kier alpha value is -1.64. The van der Waals surface area contributed by atoms with E-state index in [1.807, 2.05) is 30.6 Å². The van der Waals surface area contributed by atoms with E-state index in [0.29, 0.717) is 0 Å². The van der Waals surface area contributed by atoms with Gasteiger partial charge >= 0.3 is 0 Å². The number of aryl methyl sites for hydroxylation is 1. The van der Waals surface area contributed by atoms with Crippen LogP contribution in [0, 0.1) is 5.92 Å². The Bertz CT molecular complexity index is 608. The number of hydrogen-bond donors (Lipinski definition) is 0. The topological polar surface area (TPSA) is 34.4 Å². The molecule has 3 heteroatoms. The van der Waals surface area contributed by atoms with Gasteiger partial charge in [-0.1, -0.05) is 40.7 Å². The highest BCUT2D eigenvalue weighted by molar-refractivity contribution is 6.04. The van der Waals surface area contributed by atoms with Crippen molar-refractivity contribution in [1.29, 1.82) is 0 Å². The van der Waals surface area contributed by atoms with Crippen molar-refractivity contribution in [3.05, 3.63) is 35.2 Å². The maximum atomic E-state index is 12.4. The van der Waals surface area contributed by atoms with E-state index in [4.69, 9.17) is 0 Å². The van der Waals surface area contributed by atoms with Gasteiger partial charge in [-0.2, -0.15) is 5.10 Å². The molecular weight excluding hydrogens is 236 g/mol. The molecule has 3 nitrogen and oxygen atoms in total. The molecule has 0 aliphatic heterocycles. The van der Waals surface area contributed by atoms with Gasteiger partial charge in [0.15, 0.2) is 5.78 Å². The molecule has 0 saturated carbocycles. The van der Waals surface area contributed by atoms with Crippen molar-refractivity contribution < 1.29 is 4.79 Å². The van der Waals surface area contributed by atoms with Gasteiger partial charge in [-0.3, -0.25) is 4.79 Å². The Labute approximate surface area is 114 Å². The minimum Gasteiger partial charge on any atom is -0.294 e. The van der Waals surface area contributed by atoms with Crippen LogP contribution in [0.15, 0.2) is 18.3 Å². The van der Waals surface area contributed by atoms with Crippen LogP contribution in [-0.4, -0.2) is 15.4 Å². The summed E-state index contributed by atoms with van der Waals surface area (Å²) in [5.74, 6) is 0.432. The smallest absolute Gasteiger partial charge is 0.169 e. The highest BCUT2D eigenvalue weighted by atomic mass is 16.1. The van der Waals surface area contributed by atoms with Crippen LogP contribution in [0.4, 0.5) is 0 Å². The van der Waals surface area contributed by atoms with Crippen LogP contribution >= 0.6 is 0 Å². The lowest BCUT2D eigenvalue weighted by Crippen LogP contribution is -2.10. The minimum absolute atomic E-state index is 0.00338. The van der Waals surface area contributed by atoms with Gasteiger partial charge in [0, 0.05) is 12.1 Å². The van der Waals surface area contributed by atoms with Gasteiger partial charge in [-0.05, 0) is 24.0 Å². The van der Waals surface area contributed by atoms with Gasteiger partial charge in [-0.25, -0.2) is 4.52 Å². The molecule has 0 saturated heterocycles. The molecule has 0 aromatic carbocycles. The van der Waals surface area contributed by atoms with E-state index in [-0.39, 0.29) is 17.6 Å². The number of hydrogen-bond acceptors (Lipinski definition) is 2. The highest BCUT2D eigenvalue weighted by Gasteiger charge is 2.23. The lowest BCUT2D eigenvalue weighted by atomic mass is 9.95. The molecule has 0 aliphatic rings. The Balaban J connectivity index is 2.71. The molecule has 0 unspecified atom stereocenters. The van der Waals surface area contributed by atoms with Crippen LogP contribution < -0.4 is 0 Å². The van der Waals surface area contributed by atoms with Gasteiger partial charge in [0.25, 0.3) is 0 Å². The van der Waals surface area contributed by atoms with E-state index < -0.39 is 0 Å². The molecule has 0 N–H and O–H groups in total. The number of Topliss-reactive ketones (excluding diaryl/α,β-unsaturated/α-hetero) is 1. The van der Waals surface area contributed by atoms with Crippen molar-refractivity contribution in [3.8, 4) is 0 Å². The molecule has 2 rings (SSSR count). The second kappa shape index (κ2) is 5.16. The lowest BCUT2D eigenvalue weighted by Gasteiger charge is -2.07. The summed E-state index contributed by atoms with van der Waals surface area (Å²) < 4.78 is 1.86. The van der Waals surface area contributed by atoms with Crippen LogP contribution in [0.1, 0.15) is 62.2 Å². The molecular formula is C16H22N2O. The molecule has 0 radical (unpaired) electrons. The Morgan fingerprint density at radius 1 is 1.26 bits per heavy atom. The third kappa shape index (κ3) is 2.42. The zero-order valence-corrected chi connectivity index (χ0v) is 12.4. The van der Waals surface area contributed by atoms with Crippen LogP contribution in [0.3, 0.4) is 0 Å². The van der Waals surface area contributed by atoms with E-state index in [9.17, 15) is 4.79 Å². The number of pyridine rings is 1. The number of nitrogens with zero attached hydrogens (tertiary/aromatic N) is 2. The predicted octanol–water partition coefficient (Wildman–Crippen LogP) is 3.86. The largest absolute Gasteiger partial charge is 0.294 e. The standard InChI is InChI=1S/C16H22N2O/c1-6-12-7-8-13-14(16(19)11(4)5)15(10(2)3)17-18(13)9-12/h7-11H,6H2,1-5H3. The molecule has 2 aromatic rings. The fourth-order valence-electron chi connectivity index (χ4n) is 2.26. The zero-order valence-electron chi connectivity index (χ0n) is 12.4. The monoisotopic (exact) mass is 258 g/mol. The van der Waals surface area contributed by atoms with E-state index in [1.54, 1.807) is 0 Å². The van der Waals surface area contributed by atoms with Crippen LogP contribution in [0.25, 0.3) is 5.52 Å². The second-order valence-corrected chi connectivity index (χ2v) is 5.65. The summed E-state index contributed by atoms with van der Waals surface area (Å²) in [5.41, 5.74) is 3.87. The summed E-state index contributed by atoms with van der Waals surface area (Å²) in [7, 11) is 0. The van der Waals surface area contributed by atoms with Crippen molar-refractivity contribution in [2.75, 3.05) is 0 Å². The number of carbonyl (C=O) groups excluding carboxylic acids is 1. The summed E-state index contributed by atoms with van der Waals surface area (Å²) in [4.78, 5) is 12.4. The number of rotatable bonds is 4. The Morgan fingerprint density at radius 3 is 2.47 bits per heavy atom. The van der Waals surface area contributed by atoms with Crippen LogP contribution in [0.5, 0.6) is 0 Å². The van der Waals surface area contributed by atoms with Crippen molar-refractivity contribution in [3.63, 3.8) is 0 Å². The molecule has 2 heterocycles. The average Bonchev–Trinajstić information content (AvgIpc) is 2.75. The maximum Gasteiger partial charge on any atom is 0.169 e. The van der Waals surface area contributed by atoms with Crippen molar-refractivity contribution in [2.24, 2.45) is 5.92 Å². The van der Waals surface area contributed by atoms with Crippen molar-refractivity contribution in [2.45, 2.75) is 47.0 Å². The molecule has 0 amide bonds. The fraction of sp³-hybridized carbons (Fsp3) is 0.500. The van der Waals surface area contributed by atoms with Gasteiger partial charge in [-0.15, -0.1) is 0 Å². The predicted molar refractivity (Wildman–Crippen MR) is 77.8 cm³/mol. The van der Waals surface area contributed by atoms with Crippen LogP contribution in [0.2, 0.25) is 0 Å². The zero-order chi connectivity index (χ0) is 14.2. The minimum atomic E-state index is -0.00338. The first-order chi connectivity index (χ1) is 8.95. The van der Waals surface area contributed by atoms with E-state index in [1.165, 1.54) is 5.56 Å². The highest BCUT2D eigenvalue weighted by Crippen LogP contribution is 2.26. The third-order valence-corrected chi connectivity index (χ3v) is 3.44.